The van der Waals surface area contributed by atoms with Crippen LogP contribution in [0.25, 0.3) is 11.3 Å². The molecule has 0 atom stereocenters. The number of benzene rings is 2. The predicted octanol–water partition coefficient (Wildman–Crippen LogP) is 5.22. The maximum absolute atomic E-state index is 13.2. The second kappa shape index (κ2) is 8.86. The molecule has 10 heteroatoms. The van der Waals surface area contributed by atoms with Gasteiger partial charge < -0.3 is 5.32 Å². The van der Waals surface area contributed by atoms with Crippen LogP contribution >= 0.6 is 35.0 Å². The molecule has 6 nitrogen and oxygen atoms in total. The fourth-order valence-electron chi connectivity index (χ4n) is 2.66. The van der Waals surface area contributed by atoms with Crippen molar-refractivity contribution in [3.8, 4) is 11.3 Å². The molecule has 29 heavy (non-hydrogen) atoms. The van der Waals surface area contributed by atoms with Gasteiger partial charge in [-0.1, -0.05) is 35.3 Å². The molecule has 2 aromatic carbocycles. The van der Waals surface area contributed by atoms with Crippen LogP contribution in [0.15, 0.2) is 47.5 Å². The summed E-state index contributed by atoms with van der Waals surface area (Å²) < 4.78 is 14.8. The molecule has 2 N–H and O–H groups in total. The second-order valence-corrected chi connectivity index (χ2v) is 7.54. The van der Waals surface area contributed by atoms with Crippen LogP contribution in [0.1, 0.15) is 10.4 Å². The van der Waals surface area contributed by atoms with E-state index in [4.69, 9.17) is 23.2 Å². The molecule has 1 heterocycles. The maximum Gasteiger partial charge on any atom is 0.326 e. The lowest BCUT2D eigenvalue weighted by Gasteiger charge is -2.09. The Morgan fingerprint density at radius 2 is 1.83 bits per heavy atom. The van der Waals surface area contributed by atoms with E-state index in [9.17, 15) is 14.0 Å². The molecule has 1 aromatic heterocycles. The molecular formula is C19H15Cl2FN4O2S. The van der Waals surface area contributed by atoms with E-state index in [0.717, 1.165) is 6.07 Å². The minimum absolute atomic E-state index is 0.143. The van der Waals surface area contributed by atoms with Gasteiger partial charge in [-0.15, -0.1) is 11.8 Å². The molecule has 0 fully saturated rings. The van der Waals surface area contributed by atoms with Gasteiger partial charge in [-0.25, -0.2) is 9.18 Å². The van der Waals surface area contributed by atoms with E-state index >= 15 is 0 Å². The third-order valence-corrected chi connectivity index (χ3v) is 5.33. The number of hydrogen-bond acceptors (Lipinski definition) is 4. The predicted molar refractivity (Wildman–Crippen MR) is 113 cm³/mol. The van der Waals surface area contributed by atoms with Gasteiger partial charge >= 0.3 is 6.03 Å². The Morgan fingerprint density at radius 3 is 2.45 bits per heavy atom. The lowest BCUT2D eigenvalue weighted by Crippen LogP contribution is -2.34. The van der Waals surface area contributed by atoms with Gasteiger partial charge in [0.15, 0.2) is 0 Å². The molecule has 3 amide bonds. The Balaban J connectivity index is 1.86. The van der Waals surface area contributed by atoms with Crippen molar-refractivity contribution >= 4 is 52.6 Å². The molecule has 0 unspecified atom stereocenters. The molecule has 0 bridgehead atoms. The van der Waals surface area contributed by atoms with Crippen molar-refractivity contribution in [2.24, 2.45) is 7.05 Å². The second-order valence-electron chi connectivity index (χ2n) is 5.90. The molecule has 3 aromatic rings. The summed E-state index contributed by atoms with van der Waals surface area (Å²) in [7, 11) is 1.71. The number of carbonyl (C=O) groups is 2. The van der Waals surface area contributed by atoms with E-state index in [1.54, 1.807) is 42.3 Å². The normalized spacial score (nSPS) is 10.7. The van der Waals surface area contributed by atoms with Gasteiger partial charge in [0.25, 0.3) is 5.91 Å². The van der Waals surface area contributed by atoms with Crippen molar-refractivity contribution in [2.45, 2.75) is 5.03 Å². The molecule has 150 valence electrons. The van der Waals surface area contributed by atoms with Crippen LogP contribution in [0, 0.1) is 5.82 Å². The summed E-state index contributed by atoms with van der Waals surface area (Å²) in [4.78, 5) is 25.1. The van der Waals surface area contributed by atoms with Crippen molar-refractivity contribution < 1.29 is 14.0 Å². The Labute approximate surface area is 180 Å². The van der Waals surface area contributed by atoms with E-state index in [1.807, 2.05) is 0 Å². The van der Waals surface area contributed by atoms with E-state index < -0.39 is 17.8 Å². The number of thioether (sulfide) groups is 1. The number of rotatable bonds is 4. The van der Waals surface area contributed by atoms with Gasteiger partial charge in [-0.05, 0) is 36.6 Å². The Hall–Kier alpha value is -2.55. The molecule has 0 saturated carbocycles. The Morgan fingerprint density at radius 1 is 1.14 bits per heavy atom. The highest BCUT2D eigenvalue weighted by atomic mass is 35.5. The number of aromatic nitrogens is 2. The standard InChI is InChI=1S/C19H15Cl2FN4O2S/c1-26-18(29-2)15(16(25-26)10-3-5-11(20)6-4-10)17(27)24-19(28)23-12-7-8-14(22)13(21)9-12/h3-9H,1-2H3,(H2,23,24,27,28). The zero-order valence-corrected chi connectivity index (χ0v) is 17.6. The first-order chi connectivity index (χ1) is 13.8. The average Bonchev–Trinajstić information content (AvgIpc) is 3.01. The highest BCUT2D eigenvalue weighted by Gasteiger charge is 2.25. The number of nitrogens with one attached hydrogen (secondary N) is 2. The zero-order chi connectivity index (χ0) is 21.1. The fourth-order valence-corrected chi connectivity index (χ4v) is 3.66. The lowest BCUT2D eigenvalue weighted by atomic mass is 10.1. The minimum Gasteiger partial charge on any atom is -0.308 e. The smallest absolute Gasteiger partial charge is 0.308 e. The number of imide groups is 1. The number of urea groups is 1. The van der Waals surface area contributed by atoms with E-state index in [0.29, 0.717) is 21.3 Å². The van der Waals surface area contributed by atoms with Gasteiger partial charge in [-0.3, -0.25) is 14.8 Å². The first-order valence-corrected chi connectivity index (χ1v) is 10.2. The third-order valence-electron chi connectivity index (χ3n) is 3.94. The Kier molecular flexibility index (Phi) is 6.46. The van der Waals surface area contributed by atoms with Gasteiger partial charge in [0, 0.05) is 23.3 Å². The summed E-state index contributed by atoms with van der Waals surface area (Å²) in [5, 5.41) is 10.1. The largest absolute Gasteiger partial charge is 0.326 e. The van der Waals surface area contributed by atoms with Crippen LogP contribution in [-0.2, 0) is 7.05 Å². The van der Waals surface area contributed by atoms with Crippen molar-refractivity contribution in [2.75, 3.05) is 11.6 Å². The molecular weight excluding hydrogens is 438 g/mol. The molecule has 0 spiro atoms. The van der Waals surface area contributed by atoms with Gasteiger partial charge in [0.05, 0.1) is 10.6 Å². The molecule has 0 aliphatic heterocycles. The highest BCUT2D eigenvalue weighted by Crippen LogP contribution is 2.31. The summed E-state index contributed by atoms with van der Waals surface area (Å²) in [6, 6.07) is 9.78. The summed E-state index contributed by atoms with van der Waals surface area (Å²) in [5.74, 6) is -1.24. The van der Waals surface area contributed by atoms with Crippen molar-refractivity contribution in [1.29, 1.82) is 0 Å². The van der Waals surface area contributed by atoms with Gasteiger partial charge in [0.1, 0.15) is 16.5 Å². The SMILES string of the molecule is CSc1c(C(=O)NC(=O)Nc2ccc(F)c(Cl)c2)c(-c2ccc(Cl)cc2)nn1C. The zero-order valence-electron chi connectivity index (χ0n) is 15.3. The van der Waals surface area contributed by atoms with Crippen molar-refractivity contribution in [3.05, 3.63) is 63.9 Å². The van der Waals surface area contributed by atoms with Crippen LogP contribution in [0.2, 0.25) is 10.0 Å². The van der Waals surface area contributed by atoms with E-state index in [1.165, 1.54) is 23.9 Å². The first-order valence-electron chi connectivity index (χ1n) is 8.24. The highest BCUT2D eigenvalue weighted by molar-refractivity contribution is 7.98. The first kappa shape index (κ1) is 21.2. The summed E-state index contributed by atoms with van der Waals surface area (Å²) in [6.07, 6.45) is 1.81. The average molecular weight is 453 g/mol. The van der Waals surface area contributed by atoms with Crippen LogP contribution in [0.3, 0.4) is 0 Å². The quantitative estimate of drug-likeness (QED) is 0.532. The minimum atomic E-state index is -0.782. The molecule has 0 saturated heterocycles. The van der Waals surface area contributed by atoms with Crippen LogP contribution in [0.5, 0.6) is 0 Å². The number of halogens is 3. The number of anilines is 1. The third kappa shape index (κ3) is 4.72. The molecule has 3 rings (SSSR count). The number of carbonyl (C=O) groups excluding carboxylic acids is 2. The Bertz CT molecular complexity index is 1090. The number of aryl methyl sites for hydroxylation is 1. The summed E-state index contributed by atoms with van der Waals surface area (Å²) in [6.45, 7) is 0. The van der Waals surface area contributed by atoms with Crippen LogP contribution in [-0.4, -0.2) is 28.0 Å². The molecule has 0 aliphatic carbocycles. The van der Waals surface area contributed by atoms with Crippen molar-refractivity contribution in [3.63, 3.8) is 0 Å². The van der Waals surface area contributed by atoms with Gasteiger partial charge in [0.2, 0.25) is 0 Å². The van der Waals surface area contributed by atoms with Crippen molar-refractivity contribution in [1.82, 2.24) is 15.1 Å². The van der Waals surface area contributed by atoms with Crippen LogP contribution in [0.4, 0.5) is 14.9 Å². The monoisotopic (exact) mass is 452 g/mol. The van der Waals surface area contributed by atoms with Gasteiger partial charge in [-0.2, -0.15) is 5.10 Å². The lowest BCUT2D eigenvalue weighted by molar-refractivity contribution is 0.0964. The number of nitrogens with zero attached hydrogens (tertiary/aromatic N) is 2. The summed E-state index contributed by atoms with van der Waals surface area (Å²) >= 11 is 13.0. The number of hydrogen-bond donors (Lipinski definition) is 2. The van der Waals surface area contributed by atoms with E-state index in [2.05, 4.69) is 15.7 Å². The summed E-state index contributed by atoms with van der Waals surface area (Å²) in [5.41, 5.74) is 1.61. The molecule has 0 aliphatic rings. The van der Waals surface area contributed by atoms with E-state index in [-0.39, 0.29) is 16.3 Å². The number of amides is 3. The molecule has 0 radical (unpaired) electrons. The van der Waals surface area contributed by atoms with Crippen LogP contribution < -0.4 is 10.6 Å². The maximum atomic E-state index is 13.2. The topological polar surface area (TPSA) is 76.0 Å². The fraction of sp³-hybridized carbons (Fsp3) is 0.105.